The van der Waals surface area contributed by atoms with E-state index in [1.807, 2.05) is 18.2 Å². The van der Waals surface area contributed by atoms with Gasteiger partial charge in [-0.15, -0.1) is 0 Å². The molecule has 25 heavy (non-hydrogen) atoms. The average Bonchev–Trinajstić information content (AvgIpc) is 3.08. The number of oxime groups is 1. The van der Waals surface area contributed by atoms with Gasteiger partial charge in [-0.25, -0.2) is 0 Å². The Kier molecular flexibility index (Phi) is 5.11. The van der Waals surface area contributed by atoms with Crippen molar-refractivity contribution in [2.24, 2.45) is 5.16 Å². The lowest BCUT2D eigenvalue weighted by molar-refractivity contribution is -0.384. The summed E-state index contributed by atoms with van der Waals surface area (Å²) in [6.07, 6.45) is 1.44. The number of hydrogen-bond donors (Lipinski definition) is 0. The topological polar surface area (TPSA) is 77.9 Å². The van der Waals surface area contributed by atoms with Gasteiger partial charge in [-0.05, 0) is 42.0 Å². The molecule has 7 heteroatoms. The van der Waals surface area contributed by atoms with Gasteiger partial charge in [0.15, 0.2) is 0 Å². The van der Waals surface area contributed by atoms with E-state index in [9.17, 15) is 10.1 Å². The van der Waals surface area contributed by atoms with Gasteiger partial charge in [-0.3, -0.25) is 10.1 Å². The summed E-state index contributed by atoms with van der Waals surface area (Å²) >= 11 is 5.86. The van der Waals surface area contributed by atoms with Crippen molar-refractivity contribution in [1.82, 2.24) is 0 Å². The lowest BCUT2D eigenvalue weighted by Crippen LogP contribution is -1.92. The molecular weight excluding hydrogens is 344 g/mol. The summed E-state index contributed by atoms with van der Waals surface area (Å²) < 4.78 is 5.65. The predicted molar refractivity (Wildman–Crippen MR) is 94.6 cm³/mol. The van der Waals surface area contributed by atoms with E-state index >= 15 is 0 Å². The van der Waals surface area contributed by atoms with Crippen molar-refractivity contribution in [3.05, 3.63) is 87.1 Å². The van der Waals surface area contributed by atoms with Crippen LogP contribution in [0, 0.1) is 10.1 Å². The second-order valence-electron chi connectivity index (χ2n) is 5.14. The lowest BCUT2D eigenvalue weighted by Gasteiger charge is -1.99. The quantitative estimate of drug-likeness (QED) is 0.351. The summed E-state index contributed by atoms with van der Waals surface area (Å²) in [4.78, 5) is 15.4. The van der Waals surface area contributed by atoms with E-state index in [1.165, 1.54) is 18.3 Å². The Labute approximate surface area is 148 Å². The van der Waals surface area contributed by atoms with Gasteiger partial charge < -0.3 is 9.25 Å². The highest BCUT2D eigenvalue weighted by atomic mass is 35.5. The molecule has 0 saturated heterocycles. The Hall–Kier alpha value is -3.12. The summed E-state index contributed by atoms with van der Waals surface area (Å²) in [6.45, 7) is 0.128. The van der Waals surface area contributed by atoms with Gasteiger partial charge in [0.05, 0.1) is 4.92 Å². The first kappa shape index (κ1) is 16.7. The third-order valence-electron chi connectivity index (χ3n) is 3.36. The Bertz CT molecular complexity index is 903. The number of non-ortho nitro benzene ring substituents is 1. The Morgan fingerprint density at radius 2 is 1.96 bits per heavy atom. The van der Waals surface area contributed by atoms with E-state index in [-0.39, 0.29) is 12.3 Å². The molecule has 1 heterocycles. The van der Waals surface area contributed by atoms with Crippen molar-refractivity contribution in [3.8, 4) is 11.3 Å². The van der Waals surface area contributed by atoms with Crippen LogP contribution in [0.3, 0.4) is 0 Å². The van der Waals surface area contributed by atoms with Crippen LogP contribution >= 0.6 is 11.6 Å². The highest BCUT2D eigenvalue weighted by Crippen LogP contribution is 2.23. The first-order valence-electron chi connectivity index (χ1n) is 7.36. The summed E-state index contributed by atoms with van der Waals surface area (Å²) in [5.41, 5.74) is 1.58. The summed E-state index contributed by atoms with van der Waals surface area (Å²) in [5.74, 6) is 1.22. The molecule has 126 valence electrons. The van der Waals surface area contributed by atoms with Gasteiger partial charge in [0.2, 0.25) is 0 Å². The standard InChI is InChI=1S/C18H13ClN2O4/c19-15-6-4-14(5-7-15)18-9-8-17(25-18)11-20-24-12-13-2-1-3-16(10-13)21(22)23/h1-11H,12H2/b20-11-. The first-order valence-corrected chi connectivity index (χ1v) is 7.74. The van der Waals surface area contributed by atoms with Crippen molar-refractivity contribution in [2.45, 2.75) is 6.61 Å². The molecule has 0 radical (unpaired) electrons. The molecule has 0 saturated carbocycles. The number of halogens is 1. The summed E-state index contributed by atoms with van der Waals surface area (Å²) in [5, 5.41) is 15.2. The monoisotopic (exact) mass is 356 g/mol. The number of hydrogen-bond acceptors (Lipinski definition) is 5. The fourth-order valence-corrected chi connectivity index (χ4v) is 2.28. The van der Waals surface area contributed by atoms with Crippen LogP contribution in [-0.2, 0) is 11.4 Å². The third-order valence-corrected chi connectivity index (χ3v) is 3.61. The van der Waals surface area contributed by atoms with Crippen molar-refractivity contribution < 1.29 is 14.2 Å². The third kappa shape index (κ3) is 4.45. The fourth-order valence-electron chi connectivity index (χ4n) is 2.15. The van der Waals surface area contributed by atoms with E-state index in [1.54, 1.807) is 30.3 Å². The predicted octanol–water partition coefficient (Wildman–Crippen LogP) is 5.06. The first-order chi connectivity index (χ1) is 12.1. The van der Waals surface area contributed by atoms with Gasteiger partial charge in [-0.1, -0.05) is 28.9 Å². The van der Waals surface area contributed by atoms with E-state index in [4.69, 9.17) is 20.9 Å². The number of nitro groups is 1. The van der Waals surface area contributed by atoms with E-state index in [0.29, 0.717) is 22.1 Å². The van der Waals surface area contributed by atoms with Gasteiger partial charge in [0.25, 0.3) is 5.69 Å². The van der Waals surface area contributed by atoms with Crippen molar-refractivity contribution in [3.63, 3.8) is 0 Å². The van der Waals surface area contributed by atoms with Crippen molar-refractivity contribution in [1.29, 1.82) is 0 Å². The molecule has 0 fully saturated rings. The molecule has 2 aromatic carbocycles. The molecule has 1 aromatic heterocycles. The largest absolute Gasteiger partial charge is 0.455 e. The van der Waals surface area contributed by atoms with Crippen LogP contribution in [-0.4, -0.2) is 11.1 Å². The number of benzene rings is 2. The maximum Gasteiger partial charge on any atom is 0.269 e. The Balaban J connectivity index is 1.59. The van der Waals surface area contributed by atoms with Crippen LogP contribution in [0.4, 0.5) is 5.69 Å². The van der Waals surface area contributed by atoms with Crippen LogP contribution in [0.25, 0.3) is 11.3 Å². The van der Waals surface area contributed by atoms with Crippen molar-refractivity contribution >= 4 is 23.5 Å². The second kappa shape index (κ2) is 7.63. The minimum Gasteiger partial charge on any atom is -0.455 e. The van der Waals surface area contributed by atoms with Gasteiger partial charge in [-0.2, -0.15) is 0 Å². The molecule has 0 amide bonds. The number of nitrogens with zero attached hydrogens (tertiary/aromatic N) is 2. The molecule has 0 spiro atoms. The van der Waals surface area contributed by atoms with Crippen LogP contribution in [0.15, 0.2) is 70.2 Å². The molecule has 0 bridgehead atoms. The molecular formula is C18H13ClN2O4. The normalized spacial score (nSPS) is 10.9. The number of nitro benzene ring substituents is 1. The average molecular weight is 357 g/mol. The number of furan rings is 1. The molecule has 3 aromatic rings. The van der Waals surface area contributed by atoms with Crippen molar-refractivity contribution in [2.75, 3.05) is 0 Å². The SMILES string of the molecule is O=[N+]([O-])c1cccc(CO/N=C\c2ccc(-c3ccc(Cl)cc3)o2)c1. The lowest BCUT2D eigenvalue weighted by atomic mass is 10.2. The van der Waals surface area contributed by atoms with Crippen LogP contribution < -0.4 is 0 Å². The van der Waals surface area contributed by atoms with E-state index in [2.05, 4.69) is 5.16 Å². The second-order valence-corrected chi connectivity index (χ2v) is 5.58. The molecule has 0 aliphatic carbocycles. The molecule has 0 unspecified atom stereocenters. The smallest absolute Gasteiger partial charge is 0.269 e. The molecule has 0 N–H and O–H groups in total. The molecule has 0 aliphatic rings. The van der Waals surface area contributed by atoms with Gasteiger partial charge >= 0.3 is 0 Å². The van der Waals surface area contributed by atoms with Crippen LogP contribution in [0.1, 0.15) is 11.3 Å². The summed E-state index contributed by atoms with van der Waals surface area (Å²) in [7, 11) is 0. The van der Waals surface area contributed by atoms with Gasteiger partial charge in [0, 0.05) is 22.7 Å². The number of rotatable bonds is 6. The molecule has 3 rings (SSSR count). The zero-order valence-corrected chi connectivity index (χ0v) is 13.7. The molecule has 0 aliphatic heterocycles. The van der Waals surface area contributed by atoms with E-state index < -0.39 is 4.92 Å². The minimum absolute atomic E-state index is 0.0173. The Morgan fingerprint density at radius 3 is 2.72 bits per heavy atom. The fraction of sp³-hybridized carbons (Fsp3) is 0.0556. The zero-order chi connectivity index (χ0) is 17.6. The summed E-state index contributed by atoms with van der Waals surface area (Å²) in [6, 6.07) is 17.1. The molecule has 0 atom stereocenters. The van der Waals surface area contributed by atoms with Gasteiger partial charge in [0.1, 0.15) is 24.3 Å². The Morgan fingerprint density at radius 1 is 1.16 bits per heavy atom. The highest BCUT2D eigenvalue weighted by Gasteiger charge is 2.06. The maximum atomic E-state index is 10.7. The zero-order valence-electron chi connectivity index (χ0n) is 13.0. The maximum absolute atomic E-state index is 10.7. The van der Waals surface area contributed by atoms with Crippen LogP contribution in [0.5, 0.6) is 0 Å². The van der Waals surface area contributed by atoms with E-state index in [0.717, 1.165) is 5.56 Å². The van der Waals surface area contributed by atoms with Crippen LogP contribution in [0.2, 0.25) is 5.02 Å². The highest BCUT2D eigenvalue weighted by molar-refractivity contribution is 6.30. The molecule has 6 nitrogen and oxygen atoms in total. The minimum atomic E-state index is -0.450.